The van der Waals surface area contributed by atoms with E-state index in [9.17, 15) is 9.59 Å². The van der Waals surface area contributed by atoms with Crippen LogP contribution in [-0.4, -0.2) is 18.7 Å². The molecule has 0 fully saturated rings. The average Bonchev–Trinajstić information content (AvgIpc) is 2.52. The maximum absolute atomic E-state index is 12.9. The second-order valence-corrected chi connectivity index (χ2v) is 7.22. The average molecular weight is 328 g/mol. The van der Waals surface area contributed by atoms with Gasteiger partial charge in [-0.05, 0) is 51.4 Å². The van der Waals surface area contributed by atoms with Crippen molar-refractivity contribution < 1.29 is 14.3 Å². The molecule has 0 aromatic heterocycles. The molecule has 0 saturated heterocycles. The van der Waals surface area contributed by atoms with Gasteiger partial charge in [-0.15, -0.1) is 0 Å². The number of hydrogen-bond donors (Lipinski definition) is 0. The topological polar surface area (TPSA) is 43.4 Å². The van der Waals surface area contributed by atoms with Crippen molar-refractivity contribution in [1.82, 2.24) is 0 Å². The van der Waals surface area contributed by atoms with E-state index in [4.69, 9.17) is 4.74 Å². The smallest absolute Gasteiger partial charge is 0.224 e. The van der Waals surface area contributed by atoms with Crippen LogP contribution in [0, 0.1) is 17.8 Å². The van der Waals surface area contributed by atoms with Crippen LogP contribution in [0.3, 0.4) is 0 Å². The van der Waals surface area contributed by atoms with Crippen LogP contribution in [0.5, 0.6) is 0 Å². The first-order valence-corrected chi connectivity index (χ1v) is 8.69. The van der Waals surface area contributed by atoms with Gasteiger partial charge in [-0.1, -0.05) is 37.6 Å². The number of carbonyl (C=O) groups excluding carboxylic acids is 2. The molecular formula is C21H28O3. The Morgan fingerprint density at radius 3 is 2.42 bits per heavy atom. The summed E-state index contributed by atoms with van der Waals surface area (Å²) in [6.07, 6.45) is 8.13. The van der Waals surface area contributed by atoms with Crippen molar-refractivity contribution in [2.75, 3.05) is 7.11 Å². The van der Waals surface area contributed by atoms with Crippen LogP contribution in [0.4, 0.5) is 0 Å². The van der Waals surface area contributed by atoms with Crippen LogP contribution >= 0.6 is 0 Å². The Balaban J connectivity index is 2.44. The third-order valence-corrected chi connectivity index (χ3v) is 5.12. The number of ether oxygens (including phenoxy) is 1. The Hall–Kier alpha value is -1.90. The summed E-state index contributed by atoms with van der Waals surface area (Å²) < 4.78 is 5.22. The minimum absolute atomic E-state index is 0.0135. The number of carbonyl (C=O) groups is 2. The number of hydrogen-bond acceptors (Lipinski definition) is 3. The fourth-order valence-electron chi connectivity index (χ4n) is 3.75. The Bertz CT molecular complexity index is 669. The van der Waals surface area contributed by atoms with Gasteiger partial charge in [0.25, 0.3) is 0 Å². The third kappa shape index (κ3) is 3.31. The van der Waals surface area contributed by atoms with Crippen LogP contribution in [-0.2, 0) is 14.3 Å². The molecule has 3 heteroatoms. The van der Waals surface area contributed by atoms with Crippen LogP contribution in [0.15, 0.2) is 46.3 Å². The van der Waals surface area contributed by atoms with E-state index in [1.807, 2.05) is 6.92 Å². The van der Waals surface area contributed by atoms with Gasteiger partial charge in [0.05, 0.1) is 7.11 Å². The van der Waals surface area contributed by atoms with Crippen molar-refractivity contribution >= 4 is 11.6 Å². The van der Waals surface area contributed by atoms with Gasteiger partial charge in [0.15, 0.2) is 11.5 Å². The van der Waals surface area contributed by atoms with Crippen LogP contribution < -0.4 is 0 Å². The number of ketones is 2. The fraction of sp³-hybridized carbons (Fsp3) is 0.524. The summed E-state index contributed by atoms with van der Waals surface area (Å²) in [4.78, 5) is 25.7. The van der Waals surface area contributed by atoms with Crippen LogP contribution in [0.2, 0.25) is 0 Å². The van der Waals surface area contributed by atoms with E-state index >= 15 is 0 Å². The monoisotopic (exact) mass is 328 g/mol. The highest BCUT2D eigenvalue weighted by atomic mass is 16.5. The second kappa shape index (κ2) is 7.33. The lowest BCUT2D eigenvalue weighted by Gasteiger charge is -2.36. The summed E-state index contributed by atoms with van der Waals surface area (Å²) in [6, 6.07) is 0. The van der Waals surface area contributed by atoms with Crippen molar-refractivity contribution in [3.8, 4) is 0 Å². The molecule has 0 saturated carbocycles. The number of rotatable bonds is 4. The number of methoxy groups -OCH3 is 1. The van der Waals surface area contributed by atoms with E-state index in [1.165, 1.54) is 12.7 Å². The van der Waals surface area contributed by atoms with Gasteiger partial charge >= 0.3 is 0 Å². The predicted octanol–water partition coefficient (Wildman–Crippen LogP) is 4.56. The molecule has 0 radical (unpaired) electrons. The van der Waals surface area contributed by atoms with E-state index in [0.29, 0.717) is 11.1 Å². The second-order valence-electron chi connectivity index (χ2n) is 7.22. The Labute approximate surface area is 145 Å². The van der Waals surface area contributed by atoms with Crippen LogP contribution in [0.25, 0.3) is 0 Å². The lowest BCUT2D eigenvalue weighted by molar-refractivity contribution is -0.120. The minimum Gasteiger partial charge on any atom is -0.492 e. The van der Waals surface area contributed by atoms with Gasteiger partial charge in [-0.25, -0.2) is 0 Å². The van der Waals surface area contributed by atoms with Gasteiger partial charge in [-0.2, -0.15) is 0 Å². The summed E-state index contributed by atoms with van der Waals surface area (Å²) in [5.41, 5.74) is 3.09. The van der Waals surface area contributed by atoms with E-state index < -0.39 is 0 Å². The molecule has 0 aromatic rings. The molecule has 3 atom stereocenters. The molecule has 130 valence electrons. The summed E-state index contributed by atoms with van der Waals surface area (Å²) in [5, 5.41) is 0. The molecule has 0 bridgehead atoms. The zero-order valence-corrected chi connectivity index (χ0v) is 15.6. The van der Waals surface area contributed by atoms with E-state index in [1.54, 1.807) is 6.92 Å². The lowest BCUT2D eigenvalue weighted by atomic mass is 9.67. The lowest BCUT2D eigenvalue weighted by Crippen LogP contribution is -2.35. The van der Waals surface area contributed by atoms with Gasteiger partial charge in [0, 0.05) is 16.7 Å². The molecule has 2 aliphatic carbocycles. The third-order valence-electron chi connectivity index (χ3n) is 5.12. The molecule has 2 aliphatic rings. The molecular weight excluding hydrogens is 300 g/mol. The molecule has 0 heterocycles. The van der Waals surface area contributed by atoms with Crippen molar-refractivity contribution in [3.63, 3.8) is 0 Å². The summed E-state index contributed by atoms with van der Waals surface area (Å²) >= 11 is 0. The van der Waals surface area contributed by atoms with Crippen molar-refractivity contribution in [2.24, 2.45) is 17.8 Å². The van der Waals surface area contributed by atoms with Gasteiger partial charge < -0.3 is 4.74 Å². The largest absolute Gasteiger partial charge is 0.492 e. The zero-order valence-electron chi connectivity index (χ0n) is 15.6. The van der Waals surface area contributed by atoms with Crippen LogP contribution in [0.1, 0.15) is 47.5 Å². The molecule has 0 aromatic carbocycles. The molecule has 0 amide bonds. The first-order chi connectivity index (χ1) is 11.3. The predicted molar refractivity (Wildman–Crippen MR) is 96.4 cm³/mol. The van der Waals surface area contributed by atoms with E-state index in [2.05, 4.69) is 39.0 Å². The van der Waals surface area contributed by atoms with Crippen molar-refractivity contribution in [1.29, 1.82) is 0 Å². The Morgan fingerprint density at radius 2 is 1.83 bits per heavy atom. The van der Waals surface area contributed by atoms with Gasteiger partial charge in [0.1, 0.15) is 0 Å². The number of allylic oxidation sites excluding steroid dienone is 7. The summed E-state index contributed by atoms with van der Waals surface area (Å²) in [7, 11) is 1.46. The first kappa shape index (κ1) is 18.4. The normalized spacial score (nSPS) is 25.9. The highest BCUT2D eigenvalue weighted by Crippen LogP contribution is 2.43. The molecule has 2 rings (SSSR count). The van der Waals surface area contributed by atoms with Gasteiger partial charge in [-0.3, -0.25) is 9.59 Å². The van der Waals surface area contributed by atoms with E-state index in [-0.39, 0.29) is 35.1 Å². The molecule has 3 unspecified atom stereocenters. The minimum atomic E-state index is -0.0951. The Morgan fingerprint density at radius 1 is 1.17 bits per heavy atom. The molecule has 0 spiro atoms. The highest BCUT2D eigenvalue weighted by molar-refractivity contribution is 6.24. The quantitative estimate of drug-likeness (QED) is 0.561. The maximum atomic E-state index is 12.9. The summed E-state index contributed by atoms with van der Waals surface area (Å²) in [6.45, 7) is 9.98. The van der Waals surface area contributed by atoms with E-state index in [0.717, 1.165) is 18.4 Å². The summed E-state index contributed by atoms with van der Waals surface area (Å²) in [5.74, 6) is 0.538. The van der Waals surface area contributed by atoms with Crippen molar-refractivity contribution in [3.05, 3.63) is 46.3 Å². The zero-order chi connectivity index (χ0) is 18.0. The van der Waals surface area contributed by atoms with Gasteiger partial charge in [0.2, 0.25) is 5.78 Å². The molecule has 0 aliphatic heterocycles. The van der Waals surface area contributed by atoms with Crippen molar-refractivity contribution in [2.45, 2.75) is 47.5 Å². The number of Topliss-reactive ketones (excluding diaryl/α,β-unsaturated/α-hetero) is 2. The highest BCUT2D eigenvalue weighted by Gasteiger charge is 2.42. The SMILES string of the molecule is COC1=C(C)C(=O)C2=C(C1=O)C(C)CCC2C(C)C=CC=C(C)C. The standard InChI is InChI=1S/C21H28O3/c1-12(2)8-7-9-13(3)16-11-10-14(4)17-18(16)19(22)15(5)21(24-6)20(17)23/h7-9,13-14,16H,10-11H2,1-6H3. The molecule has 3 nitrogen and oxygen atoms in total. The molecule has 24 heavy (non-hydrogen) atoms. The molecule has 0 N–H and O–H groups in total. The Kier molecular flexibility index (Phi) is 5.63. The fourth-order valence-corrected chi connectivity index (χ4v) is 3.75. The first-order valence-electron chi connectivity index (χ1n) is 8.69. The maximum Gasteiger partial charge on any atom is 0.224 e.